The van der Waals surface area contributed by atoms with Gasteiger partial charge in [0.15, 0.2) is 0 Å². The number of carbonyl (C=O) groups excluding carboxylic acids is 1. The number of aliphatic hydroxyl groups is 1. The molecule has 1 atom stereocenters. The molecule has 5 nitrogen and oxygen atoms in total. The first kappa shape index (κ1) is 14.4. The second kappa shape index (κ2) is 7.63. The zero-order chi connectivity index (χ0) is 12.7. The molecule has 1 aliphatic heterocycles. The minimum Gasteiger partial charge on any atom is -0.395 e. The van der Waals surface area contributed by atoms with E-state index in [9.17, 15) is 4.79 Å². The normalized spacial score (nSPS) is 19.4. The molecule has 1 heterocycles. The van der Waals surface area contributed by atoms with Gasteiger partial charge in [-0.15, -0.1) is 0 Å². The molecule has 0 spiro atoms. The highest BCUT2D eigenvalue weighted by Crippen LogP contribution is 2.09. The molecule has 5 heteroatoms. The SMILES string of the molecule is CCCC(OC)C(=O)N1CCN(CCO)CC1. The molecule has 0 aromatic carbocycles. The van der Waals surface area contributed by atoms with Crippen LogP contribution in [0.25, 0.3) is 0 Å². The number of ether oxygens (including phenoxy) is 1. The number of rotatable bonds is 6. The predicted octanol–water partition coefficient (Wildman–Crippen LogP) is -0.0620. The summed E-state index contributed by atoms with van der Waals surface area (Å²) in [5.74, 6) is 0.109. The van der Waals surface area contributed by atoms with Crippen LogP contribution in [0, 0.1) is 0 Å². The van der Waals surface area contributed by atoms with Gasteiger partial charge in [-0.25, -0.2) is 0 Å². The predicted molar refractivity (Wildman–Crippen MR) is 65.8 cm³/mol. The van der Waals surface area contributed by atoms with Crippen LogP contribution in [0.15, 0.2) is 0 Å². The molecule has 100 valence electrons. The van der Waals surface area contributed by atoms with Crippen molar-refractivity contribution < 1.29 is 14.6 Å². The summed E-state index contributed by atoms with van der Waals surface area (Å²) in [5.41, 5.74) is 0. The van der Waals surface area contributed by atoms with Crippen molar-refractivity contribution in [3.63, 3.8) is 0 Å². The maximum atomic E-state index is 12.1. The molecule has 17 heavy (non-hydrogen) atoms. The Bertz CT molecular complexity index is 228. The second-order valence-electron chi connectivity index (χ2n) is 4.40. The lowest BCUT2D eigenvalue weighted by atomic mass is 10.1. The number of amides is 1. The largest absolute Gasteiger partial charge is 0.395 e. The quantitative estimate of drug-likeness (QED) is 0.711. The summed E-state index contributed by atoms with van der Waals surface area (Å²) in [6.07, 6.45) is 1.45. The number of carbonyl (C=O) groups is 1. The van der Waals surface area contributed by atoms with Crippen molar-refractivity contribution in [1.82, 2.24) is 9.80 Å². The number of β-amino-alcohol motifs (C(OH)–C–C–N with tert-alkyl or cyclic N) is 1. The Labute approximate surface area is 103 Å². The van der Waals surface area contributed by atoms with E-state index in [1.807, 2.05) is 4.90 Å². The van der Waals surface area contributed by atoms with E-state index in [4.69, 9.17) is 9.84 Å². The van der Waals surface area contributed by atoms with Crippen molar-refractivity contribution in [3.8, 4) is 0 Å². The first-order valence-electron chi connectivity index (χ1n) is 6.37. The van der Waals surface area contributed by atoms with Crippen LogP contribution in [-0.4, -0.2) is 73.4 Å². The molecule has 1 rings (SSSR count). The monoisotopic (exact) mass is 244 g/mol. The fraction of sp³-hybridized carbons (Fsp3) is 0.917. The Kier molecular flexibility index (Phi) is 6.47. The number of nitrogens with zero attached hydrogens (tertiary/aromatic N) is 2. The van der Waals surface area contributed by atoms with E-state index in [0.29, 0.717) is 6.54 Å². The fourth-order valence-electron chi connectivity index (χ4n) is 2.14. The third kappa shape index (κ3) is 4.26. The lowest BCUT2D eigenvalue weighted by molar-refractivity contribution is -0.144. The summed E-state index contributed by atoms with van der Waals surface area (Å²) >= 11 is 0. The summed E-state index contributed by atoms with van der Waals surface area (Å²) in [6.45, 7) is 6.10. The Balaban J connectivity index is 2.39. The number of piperazine rings is 1. The van der Waals surface area contributed by atoms with Crippen molar-refractivity contribution in [2.75, 3.05) is 46.4 Å². The smallest absolute Gasteiger partial charge is 0.251 e. The van der Waals surface area contributed by atoms with Crippen LogP contribution >= 0.6 is 0 Å². The second-order valence-corrected chi connectivity index (χ2v) is 4.40. The average Bonchev–Trinajstić information content (AvgIpc) is 2.36. The minimum absolute atomic E-state index is 0.109. The zero-order valence-corrected chi connectivity index (χ0v) is 10.9. The third-order valence-corrected chi connectivity index (χ3v) is 3.21. The van der Waals surface area contributed by atoms with E-state index >= 15 is 0 Å². The lowest BCUT2D eigenvalue weighted by Gasteiger charge is -2.35. The van der Waals surface area contributed by atoms with Crippen LogP contribution in [0.5, 0.6) is 0 Å². The number of aliphatic hydroxyl groups excluding tert-OH is 1. The summed E-state index contributed by atoms with van der Waals surface area (Å²) in [6, 6.07) is 0. The van der Waals surface area contributed by atoms with E-state index in [-0.39, 0.29) is 18.6 Å². The van der Waals surface area contributed by atoms with Gasteiger partial charge in [-0.1, -0.05) is 13.3 Å². The highest BCUT2D eigenvalue weighted by atomic mass is 16.5. The lowest BCUT2D eigenvalue weighted by Crippen LogP contribution is -2.52. The van der Waals surface area contributed by atoms with Crippen molar-refractivity contribution in [3.05, 3.63) is 0 Å². The van der Waals surface area contributed by atoms with Crippen molar-refractivity contribution >= 4 is 5.91 Å². The van der Waals surface area contributed by atoms with Crippen LogP contribution in [0.4, 0.5) is 0 Å². The van der Waals surface area contributed by atoms with Crippen LogP contribution in [-0.2, 0) is 9.53 Å². The van der Waals surface area contributed by atoms with Gasteiger partial charge in [0, 0.05) is 39.8 Å². The molecule has 0 aromatic rings. The van der Waals surface area contributed by atoms with Gasteiger partial charge in [0.05, 0.1) is 6.61 Å². The fourth-order valence-corrected chi connectivity index (χ4v) is 2.14. The maximum Gasteiger partial charge on any atom is 0.251 e. The molecular formula is C12H24N2O3. The van der Waals surface area contributed by atoms with Gasteiger partial charge in [-0.05, 0) is 6.42 Å². The summed E-state index contributed by atoms with van der Waals surface area (Å²) in [7, 11) is 1.60. The van der Waals surface area contributed by atoms with E-state index in [0.717, 1.165) is 39.0 Å². The Morgan fingerprint density at radius 3 is 2.47 bits per heavy atom. The molecule has 0 saturated carbocycles. The summed E-state index contributed by atoms with van der Waals surface area (Å²) in [4.78, 5) is 16.2. The van der Waals surface area contributed by atoms with E-state index in [2.05, 4.69) is 11.8 Å². The molecule has 1 amide bonds. The molecule has 1 aliphatic rings. The van der Waals surface area contributed by atoms with Crippen molar-refractivity contribution in [2.24, 2.45) is 0 Å². The van der Waals surface area contributed by atoms with E-state index in [1.54, 1.807) is 7.11 Å². The highest BCUT2D eigenvalue weighted by molar-refractivity contribution is 5.81. The van der Waals surface area contributed by atoms with E-state index < -0.39 is 0 Å². The molecule has 0 radical (unpaired) electrons. The molecule has 1 N–H and O–H groups in total. The van der Waals surface area contributed by atoms with Gasteiger partial charge in [0.2, 0.25) is 0 Å². The Morgan fingerprint density at radius 1 is 1.35 bits per heavy atom. The third-order valence-electron chi connectivity index (χ3n) is 3.21. The van der Waals surface area contributed by atoms with Gasteiger partial charge >= 0.3 is 0 Å². The van der Waals surface area contributed by atoms with Gasteiger partial charge < -0.3 is 14.7 Å². The molecule has 0 aromatic heterocycles. The Morgan fingerprint density at radius 2 is 2.00 bits per heavy atom. The topological polar surface area (TPSA) is 53.0 Å². The van der Waals surface area contributed by atoms with Crippen molar-refractivity contribution in [1.29, 1.82) is 0 Å². The average molecular weight is 244 g/mol. The van der Waals surface area contributed by atoms with Crippen LogP contribution < -0.4 is 0 Å². The van der Waals surface area contributed by atoms with Crippen molar-refractivity contribution in [2.45, 2.75) is 25.9 Å². The van der Waals surface area contributed by atoms with Gasteiger partial charge in [0.25, 0.3) is 5.91 Å². The summed E-state index contributed by atoms with van der Waals surface area (Å²) in [5, 5.41) is 8.85. The standard InChI is InChI=1S/C12H24N2O3/c1-3-4-11(17-2)12(16)14-7-5-13(6-8-14)9-10-15/h11,15H,3-10H2,1-2H3. The zero-order valence-electron chi connectivity index (χ0n) is 10.9. The number of methoxy groups -OCH3 is 1. The highest BCUT2D eigenvalue weighted by Gasteiger charge is 2.26. The van der Waals surface area contributed by atoms with Gasteiger partial charge in [-0.2, -0.15) is 0 Å². The maximum absolute atomic E-state index is 12.1. The molecule has 0 bridgehead atoms. The van der Waals surface area contributed by atoms with Crippen LogP contribution in [0.1, 0.15) is 19.8 Å². The molecule has 1 fully saturated rings. The first-order valence-corrected chi connectivity index (χ1v) is 6.37. The molecule has 1 saturated heterocycles. The van der Waals surface area contributed by atoms with Gasteiger partial charge in [0.1, 0.15) is 6.10 Å². The molecule has 1 unspecified atom stereocenters. The number of hydrogen-bond acceptors (Lipinski definition) is 4. The van der Waals surface area contributed by atoms with Crippen LogP contribution in [0.2, 0.25) is 0 Å². The Hall–Kier alpha value is -0.650. The first-order chi connectivity index (χ1) is 8.22. The summed E-state index contributed by atoms with van der Waals surface area (Å²) < 4.78 is 5.24. The minimum atomic E-state index is -0.288. The van der Waals surface area contributed by atoms with Crippen LogP contribution in [0.3, 0.4) is 0 Å². The molecular weight excluding hydrogens is 220 g/mol. The van der Waals surface area contributed by atoms with E-state index in [1.165, 1.54) is 0 Å². The number of hydrogen-bond donors (Lipinski definition) is 1. The van der Waals surface area contributed by atoms with Gasteiger partial charge in [-0.3, -0.25) is 9.69 Å². The molecule has 0 aliphatic carbocycles.